The summed E-state index contributed by atoms with van der Waals surface area (Å²) in [6.07, 6.45) is 1.67. The fourth-order valence-corrected chi connectivity index (χ4v) is 4.30. The fraction of sp³-hybridized carbons (Fsp3) is 0.269. The van der Waals surface area contributed by atoms with Gasteiger partial charge in [0.1, 0.15) is 11.7 Å². The predicted molar refractivity (Wildman–Crippen MR) is 126 cm³/mol. The molecule has 0 aromatic heterocycles. The number of ether oxygens (including phenoxy) is 2. The van der Waals surface area contributed by atoms with E-state index < -0.39 is 5.60 Å². The van der Waals surface area contributed by atoms with Crippen molar-refractivity contribution in [1.29, 1.82) is 0 Å². The second-order valence-corrected chi connectivity index (χ2v) is 7.98. The Morgan fingerprint density at radius 1 is 0.806 bits per heavy atom. The van der Waals surface area contributed by atoms with Crippen molar-refractivity contribution >= 4 is 19.6 Å². The minimum Gasteiger partial charge on any atom is -0.442 e. The third kappa shape index (κ3) is 4.21. The van der Waals surface area contributed by atoms with Crippen LogP contribution in [-0.2, 0) is 15.1 Å². The molecule has 3 aromatic rings. The molecule has 5 heteroatoms. The maximum atomic E-state index is 12.2. The molecule has 0 bridgehead atoms. The van der Waals surface area contributed by atoms with Gasteiger partial charge in [-0.1, -0.05) is 91.0 Å². The van der Waals surface area contributed by atoms with Crippen molar-refractivity contribution in [3.8, 4) is 0 Å². The first-order chi connectivity index (χ1) is 14.8. The minimum absolute atomic E-state index is 0. The SMILES string of the molecule is O=C1O[C@H](COC(c2ccccc2)(c2ccccc2)c2ccccc2)CN1C1CC1.S. The third-order valence-electron chi connectivity index (χ3n) is 5.92. The molecule has 4 nitrogen and oxygen atoms in total. The summed E-state index contributed by atoms with van der Waals surface area (Å²) in [7, 11) is 0. The van der Waals surface area contributed by atoms with Crippen LogP contribution >= 0.6 is 13.5 Å². The number of hydrogen-bond acceptors (Lipinski definition) is 3. The van der Waals surface area contributed by atoms with Crippen molar-refractivity contribution in [2.75, 3.05) is 13.2 Å². The highest BCUT2D eigenvalue weighted by Crippen LogP contribution is 2.41. The Labute approximate surface area is 190 Å². The predicted octanol–water partition coefficient (Wildman–Crippen LogP) is 5.09. The van der Waals surface area contributed by atoms with Crippen LogP contribution in [0, 0.1) is 0 Å². The third-order valence-corrected chi connectivity index (χ3v) is 5.92. The van der Waals surface area contributed by atoms with Gasteiger partial charge >= 0.3 is 6.09 Å². The van der Waals surface area contributed by atoms with Crippen LogP contribution in [0.3, 0.4) is 0 Å². The van der Waals surface area contributed by atoms with Gasteiger partial charge in [-0.3, -0.25) is 0 Å². The number of hydrogen-bond donors (Lipinski definition) is 0. The van der Waals surface area contributed by atoms with Crippen LogP contribution < -0.4 is 0 Å². The molecule has 1 saturated carbocycles. The van der Waals surface area contributed by atoms with Gasteiger partial charge in [0.25, 0.3) is 0 Å². The lowest BCUT2D eigenvalue weighted by molar-refractivity contribution is -0.0298. The van der Waals surface area contributed by atoms with Crippen molar-refractivity contribution in [3.63, 3.8) is 0 Å². The molecular weight excluding hydrogens is 406 g/mol. The Hall–Kier alpha value is -2.76. The van der Waals surface area contributed by atoms with E-state index in [0.717, 1.165) is 29.5 Å². The van der Waals surface area contributed by atoms with Crippen molar-refractivity contribution in [1.82, 2.24) is 4.90 Å². The smallest absolute Gasteiger partial charge is 0.410 e. The van der Waals surface area contributed by atoms with E-state index in [-0.39, 0.29) is 25.7 Å². The summed E-state index contributed by atoms with van der Waals surface area (Å²) in [6, 6.07) is 31.1. The molecule has 2 aliphatic rings. The van der Waals surface area contributed by atoms with Crippen LogP contribution in [0.4, 0.5) is 4.79 Å². The summed E-state index contributed by atoms with van der Waals surface area (Å²) in [4.78, 5) is 14.1. The average Bonchev–Trinajstić information content (AvgIpc) is 3.58. The van der Waals surface area contributed by atoms with Crippen molar-refractivity contribution in [2.45, 2.75) is 30.6 Å². The lowest BCUT2D eigenvalue weighted by atomic mass is 9.80. The summed E-state index contributed by atoms with van der Waals surface area (Å²) in [5.74, 6) is 0. The summed E-state index contributed by atoms with van der Waals surface area (Å²) >= 11 is 0. The lowest BCUT2D eigenvalue weighted by Gasteiger charge is -2.36. The summed E-state index contributed by atoms with van der Waals surface area (Å²) in [5.41, 5.74) is 2.35. The number of carbonyl (C=O) groups is 1. The Kier molecular flexibility index (Phi) is 6.35. The molecule has 1 amide bonds. The van der Waals surface area contributed by atoms with Crippen molar-refractivity contribution in [3.05, 3.63) is 108 Å². The zero-order valence-electron chi connectivity index (χ0n) is 17.3. The normalized spacial score (nSPS) is 18.4. The van der Waals surface area contributed by atoms with E-state index in [0.29, 0.717) is 19.2 Å². The van der Waals surface area contributed by atoms with E-state index in [1.807, 2.05) is 59.5 Å². The van der Waals surface area contributed by atoms with E-state index in [4.69, 9.17) is 9.47 Å². The maximum absolute atomic E-state index is 12.2. The van der Waals surface area contributed by atoms with Gasteiger partial charge in [0.2, 0.25) is 0 Å². The molecule has 1 saturated heterocycles. The molecule has 160 valence electrons. The molecule has 1 heterocycles. The van der Waals surface area contributed by atoms with Crippen LogP contribution in [0.2, 0.25) is 0 Å². The Bertz CT molecular complexity index is 896. The van der Waals surface area contributed by atoms with Gasteiger partial charge in [0.05, 0.1) is 13.2 Å². The van der Waals surface area contributed by atoms with Crippen LogP contribution in [0.15, 0.2) is 91.0 Å². The summed E-state index contributed by atoms with van der Waals surface area (Å²) < 4.78 is 12.4. The van der Waals surface area contributed by atoms with E-state index in [2.05, 4.69) is 36.4 Å². The average molecular weight is 434 g/mol. The molecule has 0 radical (unpaired) electrons. The summed E-state index contributed by atoms with van der Waals surface area (Å²) in [5, 5.41) is 0. The molecule has 0 N–H and O–H groups in total. The van der Waals surface area contributed by atoms with Crippen LogP contribution in [-0.4, -0.2) is 36.3 Å². The molecule has 0 unspecified atom stereocenters. The molecule has 0 spiro atoms. The molecule has 1 atom stereocenters. The van der Waals surface area contributed by atoms with Gasteiger partial charge in [-0.2, -0.15) is 13.5 Å². The highest BCUT2D eigenvalue weighted by molar-refractivity contribution is 7.59. The first kappa shape index (κ1) is 21.5. The van der Waals surface area contributed by atoms with Crippen molar-refractivity contribution in [2.24, 2.45) is 0 Å². The Balaban J connectivity index is 0.00000231. The Morgan fingerprint density at radius 2 is 1.26 bits per heavy atom. The van der Waals surface area contributed by atoms with Gasteiger partial charge in [0.15, 0.2) is 0 Å². The minimum atomic E-state index is -0.789. The van der Waals surface area contributed by atoms with Gasteiger partial charge in [0, 0.05) is 6.04 Å². The highest BCUT2D eigenvalue weighted by atomic mass is 32.1. The molecule has 3 aromatic carbocycles. The lowest BCUT2D eigenvalue weighted by Crippen LogP contribution is -2.36. The van der Waals surface area contributed by atoms with Crippen LogP contribution in [0.5, 0.6) is 0 Å². The topological polar surface area (TPSA) is 38.8 Å². The van der Waals surface area contributed by atoms with Gasteiger partial charge in [-0.15, -0.1) is 0 Å². The zero-order valence-corrected chi connectivity index (χ0v) is 18.3. The quantitative estimate of drug-likeness (QED) is 0.487. The molecule has 2 fully saturated rings. The number of amides is 1. The standard InChI is InChI=1S/C26H25NO3.H2S/c28-25-27(23-16-17-23)18-24(30-25)19-29-26(20-10-4-1-5-11-20,21-12-6-2-7-13-21)22-14-8-3-9-15-22;/h1-15,23-24H,16-19H2;1H2/t24-;/m0./s1. The van der Waals surface area contributed by atoms with Gasteiger partial charge in [-0.25, -0.2) is 4.79 Å². The van der Waals surface area contributed by atoms with Gasteiger partial charge in [-0.05, 0) is 29.5 Å². The number of benzene rings is 3. The van der Waals surface area contributed by atoms with E-state index in [1.54, 1.807) is 0 Å². The number of carbonyl (C=O) groups excluding carboxylic acids is 1. The van der Waals surface area contributed by atoms with Crippen molar-refractivity contribution < 1.29 is 14.3 Å². The first-order valence-electron chi connectivity index (χ1n) is 10.5. The zero-order chi connectivity index (χ0) is 20.4. The fourth-order valence-electron chi connectivity index (χ4n) is 4.30. The highest BCUT2D eigenvalue weighted by Gasteiger charge is 2.43. The van der Waals surface area contributed by atoms with Crippen LogP contribution in [0.1, 0.15) is 29.5 Å². The van der Waals surface area contributed by atoms with E-state index in [9.17, 15) is 4.79 Å². The number of rotatable bonds is 7. The monoisotopic (exact) mass is 433 g/mol. The number of nitrogens with zero attached hydrogens (tertiary/aromatic N) is 1. The largest absolute Gasteiger partial charge is 0.442 e. The van der Waals surface area contributed by atoms with Gasteiger partial charge < -0.3 is 14.4 Å². The Morgan fingerprint density at radius 3 is 1.68 bits per heavy atom. The summed E-state index contributed by atoms with van der Waals surface area (Å²) in [6.45, 7) is 0.922. The second-order valence-electron chi connectivity index (χ2n) is 7.98. The second kappa shape index (κ2) is 9.16. The van der Waals surface area contributed by atoms with Crippen LogP contribution in [0.25, 0.3) is 0 Å². The van der Waals surface area contributed by atoms with E-state index >= 15 is 0 Å². The molecule has 1 aliphatic heterocycles. The first-order valence-corrected chi connectivity index (χ1v) is 10.5. The molecule has 31 heavy (non-hydrogen) atoms. The number of cyclic esters (lactones) is 1. The molecule has 1 aliphatic carbocycles. The molecular formula is C26H27NO3S. The van der Waals surface area contributed by atoms with E-state index in [1.165, 1.54) is 0 Å². The molecule has 5 rings (SSSR count). The maximum Gasteiger partial charge on any atom is 0.410 e.